The Bertz CT molecular complexity index is 552. The van der Waals surface area contributed by atoms with Gasteiger partial charge in [-0.1, -0.05) is 18.5 Å². The molecule has 3 nitrogen and oxygen atoms in total. The molecule has 0 N–H and O–H groups in total. The molecule has 0 fully saturated rings. The summed E-state index contributed by atoms with van der Waals surface area (Å²) in [5.74, 6) is 0. The number of aryl methyl sites for hydroxylation is 1. The maximum Gasteiger partial charge on any atom is 0.158 e. The average molecular weight is 232 g/mol. The Morgan fingerprint density at radius 3 is 2.94 bits per heavy atom. The van der Waals surface area contributed by atoms with Crippen LogP contribution in [-0.2, 0) is 6.42 Å². The van der Waals surface area contributed by atoms with Crippen LogP contribution in [0.5, 0.6) is 0 Å². The van der Waals surface area contributed by atoms with Crippen molar-refractivity contribution >= 4 is 11.6 Å². The van der Waals surface area contributed by atoms with E-state index in [9.17, 15) is 0 Å². The van der Waals surface area contributed by atoms with Gasteiger partial charge in [-0.05, 0) is 30.2 Å². The zero-order valence-corrected chi connectivity index (χ0v) is 9.57. The molecular formula is C12H10ClN3. The first-order chi connectivity index (χ1) is 7.74. The third-order valence-electron chi connectivity index (χ3n) is 2.40. The Kier molecular flexibility index (Phi) is 2.93. The van der Waals surface area contributed by atoms with E-state index < -0.39 is 0 Å². The van der Waals surface area contributed by atoms with Crippen molar-refractivity contribution in [2.24, 2.45) is 0 Å². The third kappa shape index (κ3) is 1.93. The van der Waals surface area contributed by atoms with E-state index in [1.54, 1.807) is 12.5 Å². The molecule has 16 heavy (non-hydrogen) atoms. The summed E-state index contributed by atoms with van der Waals surface area (Å²) in [5, 5.41) is 9.44. The van der Waals surface area contributed by atoms with Crippen molar-refractivity contribution in [3.05, 3.63) is 47.0 Å². The van der Waals surface area contributed by atoms with Crippen molar-refractivity contribution in [3.63, 3.8) is 0 Å². The SMILES string of the molecule is CCc1cc(Cl)ccc1-n1cnc(C#N)c1. The quantitative estimate of drug-likeness (QED) is 0.798. The second kappa shape index (κ2) is 4.38. The van der Waals surface area contributed by atoms with Gasteiger partial charge in [-0.15, -0.1) is 0 Å². The van der Waals surface area contributed by atoms with Crippen LogP contribution in [0.3, 0.4) is 0 Å². The van der Waals surface area contributed by atoms with Gasteiger partial charge in [0.25, 0.3) is 0 Å². The number of halogens is 1. The fourth-order valence-corrected chi connectivity index (χ4v) is 1.80. The van der Waals surface area contributed by atoms with Crippen LogP contribution in [0.15, 0.2) is 30.7 Å². The third-order valence-corrected chi connectivity index (χ3v) is 2.63. The average Bonchev–Trinajstić information content (AvgIpc) is 2.77. The monoisotopic (exact) mass is 231 g/mol. The minimum atomic E-state index is 0.414. The number of imidazole rings is 1. The molecule has 0 saturated heterocycles. The molecule has 2 aromatic rings. The summed E-state index contributed by atoms with van der Waals surface area (Å²) < 4.78 is 1.84. The van der Waals surface area contributed by atoms with Crippen molar-refractivity contribution in [1.82, 2.24) is 9.55 Å². The normalized spacial score (nSPS) is 10.1. The lowest BCUT2D eigenvalue weighted by molar-refractivity contribution is 1.00. The number of nitrogens with zero attached hydrogens (tertiary/aromatic N) is 3. The summed E-state index contributed by atoms with van der Waals surface area (Å²) in [4.78, 5) is 3.98. The van der Waals surface area contributed by atoms with E-state index in [4.69, 9.17) is 16.9 Å². The first-order valence-corrected chi connectivity index (χ1v) is 5.35. The number of aromatic nitrogens is 2. The van der Waals surface area contributed by atoms with Gasteiger partial charge < -0.3 is 4.57 Å². The highest BCUT2D eigenvalue weighted by Gasteiger charge is 2.05. The van der Waals surface area contributed by atoms with E-state index in [-0.39, 0.29) is 0 Å². The van der Waals surface area contributed by atoms with Gasteiger partial charge in [0.05, 0.1) is 0 Å². The van der Waals surface area contributed by atoms with E-state index in [0.717, 1.165) is 22.7 Å². The Hall–Kier alpha value is -1.79. The molecule has 80 valence electrons. The first kappa shape index (κ1) is 10.7. The lowest BCUT2D eigenvalue weighted by atomic mass is 10.1. The Morgan fingerprint density at radius 1 is 1.50 bits per heavy atom. The zero-order valence-electron chi connectivity index (χ0n) is 8.81. The standard InChI is InChI=1S/C12H10ClN3/c1-2-9-5-10(13)3-4-12(9)16-7-11(6-14)15-8-16/h3-5,7-8H,2H2,1H3. The summed E-state index contributed by atoms with van der Waals surface area (Å²) in [6, 6.07) is 7.71. The van der Waals surface area contributed by atoms with Crippen LogP contribution in [0.25, 0.3) is 5.69 Å². The maximum atomic E-state index is 8.72. The van der Waals surface area contributed by atoms with Gasteiger partial charge in [0, 0.05) is 16.9 Å². The largest absolute Gasteiger partial charge is 0.305 e. The van der Waals surface area contributed by atoms with Gasteiger partial charge in [0.1, 0.15) is 12.4 Å². The van der Waals surface area contributed by atoms with Crippen LogP contribution in [0.2, 0.25) is 5.02 Å². The van der Waals surface area contributed by atoms with Crippen molar-refractivity contribution in [1.29, 1.82) is 5.26 Å². The highest BCUT2D eigenvalue weighted by atomic mass is 35.5. The molecule has 0 aliphatic carbocycles. The molecule has 0 bridgehead atoms. The van der Waals surface area contributed by atoms with E-state index in [0.29, 0.717) is 5.69 Å². The van der Waals surface area contributed by atoms with Crippen LogP contribution in [-0.4, -0.2) is 9.55 Å². The van der Waals surface area contributed by atoms with Gasteiger partial charge in [-0.2, -0.15) is 5.26 Å². The summed E-state index contributed by atoms with van der Waals surface area (Å²) >= 11 is 5.94. The van der Waals surface area contributed by atoms with Gasteiger partial charge in [0.15, 0.2) is 5.69 Å². The number of hydrogen-bond acceptors (Lipinski definition) is 2. The highest BCUT2D eigenvalue weighted by molar-refractivity contribution is 6.30. The van der Waals surface area contributed by atoms with Crippen molar-refractivity contribution in [2.75, 3.05) is 0 Å². The smallest absolute Gasteiger partial charge is 0.158 e. The number of benzene rings is 1. The molecule has 0 saturated carbocycles. The summed E-state index contributed by atoms with van der Waals surface area (Å²) in [6.07, 6.45) is 4.24. The molecule has 0 aliphatic rings. The van der Waals surface area contributed by atoms with Gasteiger partial charge in [-0.25, -0.2) is 4.98 Å². The highest BCUT2D eigenvalue weighted by Crippen LogP contribution is 2.20. The lowest BCUT2D eigenvalue weighted by Gasteiger charge is -2.08. The summed E-state index contributed by atoms with van der Waals surface area (Å²) in [5.41, 5.74) is 2.56. The van der Waals surface area contributed by atoms with E-state index >= 15 is 0 Å². The summed E-state index contributed by atoms with van der Waals surface area (Å²) in [6.45, 7) is 2.07. The first-order valence-electron chi connectivity index (χ1n) is 4.97. The van der Waals surface area contributed by atoms with Crippen molar-refractivity contribution < 1.29 is 0 Å². The van der Waals surface area contributed by atoms with E-state index in [1.807, 2.05) is 28.8 Å². The number of hydrogen-bond donors (Lipinski definition) is 0. The van der Waals surface area contributed by atoms with Crippen LogP contribution < -0.4 is 0 Å². The topological polar surface area (TPSA) is 41.6 Å². The van der Waals surface area contributed by atoms with Crippen LogP contribution >= 0.6 is 11.6 Å². The Labute approximate surface area is 98.9 Å². The van der Waals surface area contributed by atoms with Crippen molar-refractivity contribution in [2.45, 2.75) is 13.3 Å². The molecule has 0 radical (unpaired) electrons. The number of rotatable bonds is 2. The van der Waals surface area contributed by atoms with Crippen molar-refractivity contribution in [3.8, 4) is 11.8 Å². The predicted octanol–water partition coefficient (Wildman–Crippen LogP) is 2.96. The molecule has 2 rings (SSSR count). The summed E-state index contributed by atoms with van der Waals surface area (Å²) in [7, 11) is 0. The molecule has 1 aromatic heterocycles. The minimum absolute atomic E-state index is 0.414. The molecule has 0 atom stereocenters. The molecule has 0 unspecified atom stereocenters. The molecule has 1 aromatic carbocycles. The van der Waals surface area contributed by atoms with E-state index in [1.165, 1.54) is 0 Å². The molecule has 0 amide bonds. The molecule has 4 heteroatoms. The Morgan fingerprint density at radius 2 is 2.31 bits per heavy atom. The predicted molar refractivity (Wildman–Crippen MR) is 62.7 cm³/mol. The Balaban J connectivity index is 2.51. The van der Waals surface area contributed by atoms with Crippen LogP contribution in [0.1, 0.15) is 18.2 Å². The second-order valence-electron chi connectivity index (χ2n) is 3.40. The van der Waals surface area contributed by atoms with Crippen LogP contribution in [0, 0.1) is 11.3 Å². The fourth-order valence-electron chi connectivity index (χ4n) is 1.60. The van der Waals surface area contributed by atoms with Gasteiger partial charge in [0.2, 0.25) is 0 Å². The number of nitriles is 1. The molecule has 0 spiro atoms. The fraction of sp³-hybridized carbons (Fsp3) is 0.167. The molecule has 0 aliphatic heterocycles. The molecular weight excluding hydrogens is 222 g/mol. The van der Waals surface area contributed by atoms with E-state index in [2.05, 4.69) is 11.9 Å². The zero-order chi connectivity index (χ0) is 11.5. The lowest BCUT2D eigenvalue weighted by Crippen LogP contribution is -1.96. The minimum Gasteiger partial charge on any atom is -0.305 e. The maximum absolute atomic E-state index is 8.72. The van der Waals surface area contributed by atoms with Gasteiger partial charge >= 0.3 is 0 Å². The molecule has 1 heterocycles. The van der Waals surface area contributed by atoms with Crippen LogP contribution in [0.4, 0.5) is 0 Å². The second-order valence-corrected chi connectivity index (χ2v) is 3.84. The van der Waals surface area contributed by atoms with Gasteiger partial charge in [-0.3, -0.25) is 0 Å².